The summed E-state index contributed by atoms with van der Waals surface area (Å²) in [6.45, 7) is 1.66. The van der Waals surface area contributed by atoms with E-state index in [1.165, 1.54) is 25.3 Å². The third-order valence-corrected chi connectivity index (χ3v) is 4.48. The van der Waals surface area contributed by atoms with Crippen molar-refractivity contribution in [1.82, 2.24) is 4.72 Å². The molecule has 0 radical (unpaired) electrons. The van der Waals surface area contributed by atoms with Crippen molar-refractivity contribution in [2.75, 3.05) is 19.5 Å². The predicted octanol–water partition coefficient (Wildman–Crippen LogP) is 0.495. The molecule has 0 saturated heterocycles. The van der Waals surface area contributed by atoms with E-state index in [0.717, 1.165) is 0 Å². The van der Waals surface area contributed by atoms with Gasteiger partial charge in [-0.05, 0) is 38.0 Å². The first-order chi connectivity index (χ1) is 9.81. The normalized spacial score (nSPS) is 12.9. The summed E-state index contributed by atoms with van der Waals surface area (Å²) in [7, 11) is -2.74. The van der Waals surface area contributed by atoms with Crippen molar-refractivity contribution < 1.29 is 23.1 Å². The molecule has 0 aliphatic heterocycles. The average Bonchev–Trinajstić information content (AvgIpc) is 2.43. The van der Waals surface area contributed by atoms with Gasteiger partial charge in [-0.2, -0.15) is 0 Å². The molecule has 1 aromatic rings. The van der Waals surface area contributed by atoms with Crippen LogP contribution >= 0.6 is 0 Å². The van der Waals surface area contributed by atoms with Gasteiger partial charge < -0.3 is 15.6 Å². The summed E-state index contributed by atoms with van der Waals surface area (Å²) < 4.78 is 31.8. The number of hydrogen-bond acceptors (Lipinski definition) is 6. The second-order valence-electron chi connectivity index (χ2n) is 4.64. The maximum atomic E-state index is 12.4. The van der Waals surface area contributed by atoms with Crippen LogP contribution in [-0.4, -0.2) is 39.3 Å². The summed E-state index contributed by atoms with van der Waals surface area (Å²) in [6, 6.07) is 3.58. The van der Waals surface area contributed by atoms with E-state index in [1.807, 2.05) is 0 Å². The molecule has 1 rings (SSSR count). The van der Waals surface area contributed by atoms with Crippen LogP contribution in [0.3, 0.4) is 0 Å². The zero-order chi connectivity index (χ0) is 16.0. The van der Waals surface area contributed by atoms with E-state index in [2.05, 4.69) is 9.46 Å². The van der Waals surface area contributed by atoms with Crippen LogP contribution in [0.1, 0.15) is 30.1 Å². The van der Waals surface area contributed by atoms with E-state index in [1.54, 1.807) is 6.92 Å². The van der Waals surface area contributed by atoms with Crippen molar-refractivity contribution in [3.05, 3.63) is 23.8 Å². The number of methoxy groups -OCH3 is 1. The number of anilines is 1. The molecule has 21 heavy (non-hydrogen) atoms. The smallest absolute Gasteiger partial charge is 0.339 e. The maximum absolute atomic E-state index is 12.4. The second-order valence-corrected chi connectivity index (χ2v) is 6.32. The van der Waals surface area contributed by atoms with E-state index in [4.69, 9.17) is 10.8 Å². The van der Waals surface area contributed by atoms with Crippen molar-refractivity contribution in [3.63, 3.8) is 0 Å². The lowest BCUT2D eigenvalue weighted by molar-refractivity contribution is 0.0596. The van der Waals surface area contributed by atoms with Crippen molar-refractivity contribution in [2.45, 2.75) is 30.7 Å². The number of nitrogens with two attached hydrogens (primary N) is 1. The molecule has 8 heteroatoms. The number of hydrogen-bond donors (Lipinski definition) is 3. The SMILES string of the molecule is COC(=O)c1ccc(N)cc1S(=O)(=O)NC(C)CCCO. The molecule has 0 heterocycles. The Labute approximate surface area is 124 Å². The maximum Gasteiger partial charge on any atom is 0.339 e. The van der Waals surface area contributed by atoms with Gasteiger partial charge in [-0.1, -0.05) is 0 Å². The first-order valence-electron chi connectivity index (χ1n) is 6.43. The van der Waals surface area contributed by atoms with Crippen molar-refractivity contribution in [2.24, 2.45) is 0 Å². The van der Waals surface area contributed by atoms with Crippen molar-refractivity contribution >= 4 is 21.7 Å². The number of sulfonamides is 1. The molecular formula is C13H20N2O5S. The largest absolute Gasteiger partial charge is 0.465 e. The van der Waals surface area contributed by atoms with E-state index < -0.39 is 16.0 Å². The Morgan fingerprint density at radius 3 is 2.71 bits per heavy atom. The Morgan fingerprint density at radius 2 is 2.14 bits per heavy atom. The van der Waals surface area contributed by atoms with Gasteiger partial charge in [-0.15, -0.1) is 0 Å². The molecule has 1 atom stereocenters. The number of benzene rings is 1. The van der Waals surface area contributed by atoms with E-state index >= 15 is 0 Å². The number of rotatable bonds is 7. The Bertz CT molecular complexity index is 601. The topological polar surface area (TPSA) is 119 Å². The first kappa shape index (κ1) is 17.4. The van der Waals surface area contributed by atoms with Crippen LogP contribution in [0, 0.1) is 0 Å². The van der Waals surface area contributed by atoms with Crippen LogP contribution in [0.2, 0.25) is 0 Å². The van der Waals surface area contributed by atoms with Gasteiger partial charge in [-0.3, -0.25) is 0 Å². The number of esters is 1. The van der Waals surface area contributed by atoms with Gasteiger partial charge in [0.05, 0.1) is 17.6 Å². The minimum atomic E-state index is -3.91. The van der Waals surface area contributed by atoms with Crippen LogP contribution < -0.4 is 10.5 Å². The highest BCUT2D eigenvalue weighted by atomic mass is 32.2. The molecule has 0 aliphatic rings. The Morgan fingerprint density at radius 1 is 1.48 bits per heavy atom. The van der Waals surface area contributed by atoms with E-state index in [-0.39, 0.29) is 28.8 Å². The van der Waals surface area contributed by atoms with Crippen LogP contribution in [-0.2, 0) is 14.8 Å². The van der Waals surface area contributed by atoms with Crippen LogP contribution in [0.5, 0.6) is 0 Å². The second kappa shape index (κ2) is 7.39. The average molecular weight is 316 g/mol. The number of aliphatic hydroxyl groups excluding tert-OH is 1. The zero-order valence-electron chi connectivity index (χ0n) is 12.0. The lowest BCUT2D eigenvalue weighted by atomic mass is 10.2. The number of nitrogens with one attached hydrogen (secondary N) is 1. The highest BCUT2D eigenvalue weighted by molar-refractivity contribution is 7.89. The minimum absolute atomic E-state index is 0.0161. The van der Waals surface area contributed by atoms with E-state index in [0.29, 0.717) is 12.8 Å². The molecule has 0 aliphatic carbocycles. The molecule has 0 bridgehead atoms. The fourth-order valence-corrected chi connectivity index (χ4v) is 3.33. The third kappa shape index (κ3) is 4.69. The van der Waals surface area contributed by atoms with Crippen molar-refractivity contribution in [1.29, 1.82) is 0 Å². The van der Waals surface area contributed by atoms with Crippen molar-refractivity contribution in [3.8, 4) is 0 Å². The summed E-state index contributed by atoms with van der Waals surface area (Å²) >= 11 is 0. The van der Waals surface area contributed by atoms with Crippen LogP contribution in [0.25, 0.3) is 0 Å². The summed E-state index contributed by atoms with van der Waals surface area (Å²) in [6.07, 6.45) is 0.954. The third-order valence-electron chi connectivity index (χ3n) is 2.85. The van der Waals surface area contributed by atoms with Gasteiger partial charge in [-0.25, -0.2) is 17.9 Å². The Hall–Kier alpha value is -1.64. The molecule has 1 unspecified atom stereocenters. The number of carbonyl (C=O) groups is 1. The first-order valence-corrected chi connectivity index (χ1v) is 7.91. The quantitative estimate of drug-likeness (QED) is 0.498. The molecule has 1 aromatic carbocycles. The lowest BCUT2D eigenvalue weighted by Crippen LogP contribution is -2.33. The fraction of sp³-hybridized carbons (Fsp3) is 0.462. The summed E-state index contributed by atoms with van der Waals surface area (Å²) in [5.74, 6) is -0.751. The predicted molar refractivity (Wildman–Crippen MR) is 78.3 cm³/mol. The van der Waals surface area contributed by atoms with Gasteiger partial charge in [0, 0.05) is 18.3 Å². The number of carbonyl (C=O) groups excluding carboxylic acids is 1. The minimum Gasteiger partial charge on any atom is -0.465 e. The van der Waals surface area contributed by atoms with Crippen LogP contribution in [0.15, 0.2) is 23.1 Å². The monoisotopic (exact) mass is 316 g/mol. The van der Waals surface area contributed by atoms with Gasteiger partial charge >= 0.3 is 5.97 Å². The Balaban J connectivity index is 3.12. The summed E-state index contributed by atoms with van der Waals surface area (Å²) in [4.78, 5) is 11.4. The highest BCUT2D eigenvalue weighted by Crippen LogP contribution is 2.20. The van der Waals surface area contributed by atoms with Gasteiger partial charge in [0.25, 0.3) is 0 Å². The van der Waals surface area contributed by atoms with Gasteiger partial charge in [0.15, 0.2) is 0 Å². The molecule has 118 valence electrons. The molecular weight excluding hydrogens is 296 g/mol. The zero-order valence-corrected chi connectivity index (χ0v) is 12.8. The Kier molecular flexibility index (Phi) is 6.13. The molecule has 0 aromatic heterocycles. The van der Waals surface area contributed by atoms with Crippen LogP contribution in [0.4, 0.5) is 5.69 Å². The summed E-state index contributed by atoms with van der Waals surface area (Å²) in [5.41, 5.74) is 5.75. The van der Waals surface area contributed by atoms with Gasteiger partial charge in [0.2, 0.25) is 10.0 Å². The fourth-order valence-electron chi connectivity index (χ4n) is 1.82. The highest BCUT2D eigenvalue weighted by Gasteiger charge is 2.24. The lowest BCUT2D eigenvalue weighted by Gasteiger charge is -2.15. The number of ether oxygens (including phenoxy) is 1. The number of aliphatic hydroxyl groups is 1. The molecule has 4 N–H and O–H groups in total. The number of nitrogen functional groups attached to an aromatic ring is 1. The summed E-state index contributed by atoms with van der Waals surface area (Å²) in [5, 5.41) is 8.76. The van der Waals surface area contributed by atoms with Gasteiger partial charge in [0.1, 0.15) is 0 Å². The molecule has 0 amide bonds. The molecule has 0 saturated carbocycles. The molecule has 0 spiro atoms. The van der Waals surface area contributed by atoms with E-state index in [9.17, 15) is 13.2 Å². The standard InChI is InChI=1S/C13H20N2O5S/c1-9(4-3-7-16)15-21(18,19)12-8-10(14)5-6-11(12)13(17)20-2/h5-6,8-9,15-16H,3-4,7,14H2,1-2H3. The molecule has 0 fully saturated rings. The molecule has 7 nitrogen and oxygen atoms in total.